The summed E-state index contributed by atoms with van der Waals surface area (Å²) < 4.78 is 11.7. The molecule has 27 heavy (non-hydrogen) atoms. The Morgan fingerprint density at radius 2 is 1.74 bits per heavy atom. The van der Waals surface area contributed by atoms with Gasteiger partial charge in [0.05, 0.1) is 11.6 Å². The minimum atomic E-state index is 0.282. The zero-order valence-corrected chi connectivity index (χ0v) is 18.1. The Bertz CT molecular complexity index is 738. The topological polar surface area (TPSA) is 30.5 Å². The summed E-state index contributed by atoms with van der Waals surface area (Å²) in [6.07, 6.45) is 3.62. The van der Waals surface area contributed by atoms with E-state index in [-0.39, 0.29) is 6.61 Å². The third-order valence-corrected chi connectivity index (χ3v) is 4.91. The molecule has 2 rings (SSSR count). The van der Waals surface area contributed by atoms with Gasteiger partial charge >= 0.3 is 0 Å². The van der Waals surface area contributed by atoms with Crippen LogP contribution in [0.5, 0.6) is 11.5 Å². The molecule has 0 aliphatic rings. The van der Waals surface area contributed by atoms with Crippen molar-refractivity contribution < 1.29 is 9.47 Å². The van der Waals surface area contributed by atoms with Crippen LogP contribution in [0, 0.1) is 0 Å². The van der Waals surface area contributed by atoms with Crippen molar-refractivity contribution in [3.8, 4) is 11.5 Å². The molecular weight excluding hydrogens is 405 g/mol. The summed E-state index contributed by atoms with van der Waals surface area (Å²) in [5, 5.41) is 5.11. The molecule has 0 heterocycles. The first-order valence-corrected chi connectivity index (χ1v) is 10.4. The number of hydrogen-bond acceptors (Lipinski definition) is 3. The fraction of sp³-hybridized carbons (Fsp3) is 0.429. The number of halogens is 3. The molecule has 0 atom stereocenters. The van der Waals surface area contributed by atoms with Crippen LogP contribution in [0.1, 0.15) is 44.2 Å². The Morgan fingerprint density at radius 3 is 2.44 bits per heavy atom. The Labute approximate surface area is 176 Å². The Balaban J connectivity index is 2.08. The summed E-state index contributed by atoms with van der Waals surface area (Å²) in [4.78, 5) is 0. The van der Waals surface area contributed by atoms with E-state index in [2.05, 4.69) is 12.2 Å². The quantitative estimate of drug-likeness (QED) is 0.393. The first kappa shape index (κ1) is 22.2. The van der Waals surface area contributed by atoms with Gasteiger partial charge in [0.15, 0.2) is 11.5 Å². The van der Waals surface area contributed by atoms with Crippen molar-refractivity contribution in [3.63, 3.8) is 0 Å². The molecule has 1 N–H and O–H groups in total. The van der Waals surface area contributed by atoms with Gasteiger partial charge in [-0.3, -0.25) is 0 Å². The first-order valence-electron chi connectivity index (χ1n) is 9.27. The molecule has 0 spiro atoms. The third kappa shape index (κ3) is 7.08. The maximum atomic E-state index is 6.48. The normalized spacial score (nSPS) is 10.9. The molecule has 0 bridgehead atoms. The standard InChI is InChI=1S/C21H26Cl3NO2/c1-3-5-6-9-25-13-15-10-19(24)21(20(11-15)26-4-2)27-14-16-7-8-17(22)12-18(16)23/h7-8,10-12,25H,3-6,9,13-14H2,1-2H3. The number of hydrogen-bond donors (Lipinski definition) is 1. The molecule has 0 aliphatic heterocycles. The molecule has 6 heteroatoms. The smallest absolute Gasteiger partial charge is 0.180 e. The Kier molecular flexibility index (Phi) is 9.57. The lowest BCUT2D eigenvalue weighted by atomic mass is 10.2. The predicted octanol–water partition coefficient (Wildman–Crippen LogP) is 6.90. The molecule has 3 nitrogen and oxygen atoms in total. The van der Waals surface area contributed by atoms with Gasteiger partial charge in [-0.2, -0.15) is 0 Å². The lowest BCUT2D eigenvalue weighted by Gasteiger charge is -2.16. The molecule has 2 aromatic carbocycles. The van der Waals surface area contributed by atoms with E-state index in [9.17, 15) is 0 Å². The van der Waals surface area contributed by atoms with E-state index < -0.39 is 0 Å². The number of nitrogens with one attached hydrogen (secondary N) is 1. The minimum absolute atomic E-state index is 0.282. The van der Waals surface area contributed by atoms with E-state index in [4.69, 9.17) is 44.3 Å². The van der Waals surface area contributed by atoms with Crippen LogP contribution >= 0.6 is 34.8 Å². The molecule has 148 valence electrons. The highest BCUT2D eigenvalue weighted by atomic mass is 35.5. The number of ether oxygens (including phenoxy) is 2. The van der Waals surface area contributed by atoms with Crippen LogP contribution in [0.2, 0.25) is 15.1 Å². The van der Waals surface area contributed by atoms with Crippen LogP contribution in [0.15, 0.2) is 30.3 Å². The van der Waals surface area contributed by atoms with Crippen molar-refractivity contribution >= 4 is 34.8 Å². The molecule has 0 amide bonds. The highest BCUT2D eigenvalue weighted by molar-refractivity contribution is 6.35. The molecule has 0 aromatic heterocycles. The zero-order chi connectivity index (χ0) is 19.6. The van der Waals surface area contributed by atoms with Gasteiger partial charge in [0.1, 0.15) is 6.61 Å². The van der Waals surface area contributed by atoms with Crippen LogP contribution in [-0.4, -0.2) is 13.2 Å². The van der Waals surface area contributed by atoms with Gasteiger partial charge in [0, 0.05) is 22.2 Å². The first-order chi connectivity index (χ1) is 13.0. The van der Waals surface area contributed by atoms with Crippen LogP contribution < -0.4 is 14.8 Å². The van der Waals surface area contributed by atoms with Crippen LogP contribution in [-0.2, 0) is 13.2 Å². The van der Waals surface area contributed by atoms with Crippen LogP contribution in [0.3, 0.4) is 0 Å². The van der Waals surface area contributed by atoms with E-state index in [0.29, 0.717) is 33.2 Å². The van der Waals surface area contributed by atoms with Crippen molar-refractivity contribution in [2.24, 2.45) is 0 Å². The van der Waals surface area contributed by atoms with Crippen LogP contribution in [0.25, 0.3) is 0 Å². The van der Waals surface area contributed by atoms with Gasteiger partial charge in [0.25, 0.3) is 0 Å². The molecule has 0 saturated heterocycles. The maximum Gasteiger partial charge on any atom is 0.180 e. The fourth-order valence-corrected chi connectivity index (χ4v) is 3.40. The second-order valence-electron chi connectivity index (χ2n) is 6.25. The summed E-state index contributed by atoms with van der Waals surface area (Å²) in [7, 11) is 0. The van der Waals surface area contributed by atoms with E-state index in [1.165, 1.54) is 19.3 Å². The van der Waals surface area contributed by atoms with Gasteiger partial charge in [0.2, 0.25) is 0 Å². The lowest BCUT2D eigenvalue weighted by Crippen LogP contribution is -2.14. The fourth-order valence-electron chi connectivity index (χ4n) is 2.65. The third-order valence-electron chi connectivity index (χ3n) is 4.04. The monoisotopic (exact) mass is 429 g/mol. The van der Waals surface area contributed by atoms with E-state index in [1.54, 1.807) is 12.1 Å². The van der Waals surface area contributed by atoms with Gasteiger partial charge in [-0.05, 0) is 49.7 Å². The van der Waals surface area contributed by atoms with E-state index in [0.717, 1.165) is 24.2 Å². The SMILES string of the molecule is CCCCCNCc1cc(Cl)c(OCc2ccc(Cl)cc2Cl)c(OCC)c1. The molecule has 2 aromatic rings. The molecule has 0 saturated carbocycles. The van der Waals surface area contributed by atoms with E-state index in [1.807, 2.05) is 25.1 Å². The van der Waals surface area contributed by atoms with E-state index >= 15 is 0 Å². The summed E-state index contributed by atoms with van der Waals surface area (Å²) >= 11 is 18.6. The average molecular weight is 431 g/mol. The molecule has 0 radical (unpaired) electrons. The average Bonchev–Trinajstić information content (AvgIpc) is 2.62. The van der Waals surface area contributed by atoms with Crippen molar-refractivity contribution in [1.82, 2.24) is 5.32 Å². The number of unbranched alkanes of at least 4 members (excludes halogenated alkanes) is 2. The number of benzene rings is 2. The van der Waals surface area contributed by atoms with Gasteiger partial charge in [-0.25, -0.2) is 0 Å². The lowest BCUT2D eigenvalue weighted by molar-refractivity contribution is 0.269. The summed E-state index contributed by atoms with van der Waals surface area (Å²) in [6, 6.07) is 9.20. The highest BCUT2D eigenvalue weighted by Crippen LogP contribution is 2.37. The van der Waals surface area contributed by atoms with Gasteiger partial charge < -0.3 is 14.8 Å². The van der Waals surface area contributed by atoms with Crippen molar-refractivity contribution in [2.45, 2.75) is 46.3 Å². The molecule has 0 fully saturated rings. The van der Waals surface area contributed by atoms with Crippen molar-refractivity contribution in [2.75, 3.05) is 13.2 Å². The largest absolute Gasteiger partial charge is 0.490 e. The molecule has 0 unspecified atom stereocenters. The van der Waals surface area contributed by atoms with Crippen molar-refractivity contribution in [3.05, 3.63) is 56.5 Å². The summed E-state index contributed by atoms with van der Waals surface area (Å²) in [5.41, 5.74) is 1.90. The predicted molar refractivity (Wildman–Crippen MR) is 115 cm³/mol. The van der Waals surface area contributed by atoms with Gasteiger partial charge in [-0.1, -0.05) is 60.6 Å². The Morgan fingerprint density at radius 1 is 0.926 bits per heavy atom. The van der Waals surface area contributed by atoms with Gasteiger partial charge in [-0.15, -0.1) is 0 Å². The Hall–Kier alpha value is -1.13. The number of rotatable bonds is 11. The zero-order valence-electron chi connectivity index (χ0n) is 15.8. The summed E-state index contributed by atoms with van der Waals surface area (Å²) in [5.74, 6) is 1.17. The highest BCUT2D eigenvalue weighted by Gasteiger charge is 2.14. The summed E-state index contributed by atoms with van der Waals surface area (Å²) in [6.45, 7) is 6.68. The van der Waals surface area contributed by atoms with Crippen molar-refractivity contribution in [1.29, 1.82) is 0 Å². The second kappa shape index (κ2) is 11.7. The molecule has 0 aliphatic carbocycles. The minimum Gasteiger partial charge on any atom is -0.490 e. The second-order valence-corrected chi connectivity index (χ2v) is 7.50. The van der Waals surface area contributed by atoms with Crippen LogP contribution in [0.4, 0.5) is 0 Å². The molecular formula is C21H26Cl3NO2. The maximum absolute atomic E-state index is 6.48.